The molecule has 1 N–H and O–H groups in total. The molecule has 110 valence electrons. The number of para-hydroxylation sites is 1. The van der Waals surface area contributed by atoms with Crippen LogP contribution in [-0.2, 0) is 4.74 Å². The van der Waals surface area contributed by atoms with Gasteiger partial charge in [-0.1, -0.05) is 13.0 Å². The molecule has 1 aromatic carbocycles. The molecular weight excluding hydrogens is 252 g/mol. The van der Waals surface area contributed by atoms with Gasteiger partial charge in [-0.05, 0) is 25.5 Å². The predicted octanol–water partition coefficient (Wildman–Crippen LogP) is 2.74. The Morgan fingerprint density at radius 3 is 3.05 bits per heavy atom. The molecule has 1 saturated heterocycles. The summed E-state index contributed by atoms with van der Waals surface area (Å²) in [4.78, 5) is 2.51. The number of hydrogen-bond donors (Lipinski definition) is 1. The lowest BCUT2D eigenvalue weighted by molar-refractivity contribution is 0.185. The second-order valence-corrected chi connectivity index (χ2v) is 5.52. The van der Waals surface area contributed by atoms with Crippen LogP contribution in [0.2, 0.25) is 0 Å². The van der Waals surface area contributed by atoms with Gasteiger partial charge in [0.2, 0.25) is 0 Å². The third-order valence-corrected chi connectivity index (χ3v) is 4.18. The van der Waals surface area contributed by atoms with E-state index in [2.05, 4.69) is 35.3 Å². The molecule has 0 radical (unpaired) electrons. The van der Waals surface area contributed by atoms with Crippen molar-refractivity contribution >= 4 is 11.4 Å². The lowest BCUT2D eigenvalue weighted by atomic mass is 10.0. The molecule has 0 aromatic heterocycles. The minimum Gasteiger partial charge on any atom is -0.492 e. The zero-order valence-electron chi connectivity index (χ0n) is 12.4. The summed E-state index contributed by atoms with van der Waals surface area (Å²) in [5.41, 5.74) is 2.41. The van der Waals surface area contributed by atoms with Crippen LogP contribution in [0.5, 0.6) is 5.75 Å². The van der Waals surface area contributed by atoms with Crippen LogP contribution < -0.4 is 15.0 Å². The molecule has 0 aliphatic carbocycles. The second kappa shape index (κ2) is 5.92. The van der Waals surface area contributed by atoms with E-state index in [0.29, 0.717) is 18.6 Å². The molecule has 2 aliphatic rings. The summed E-state index contributed by atoms with van der Waals surface area (Å²) in [6.07, 6.45) is 1.14. The van der Waals surface area contributed by atoms with E-state index in [4.69, 9.17) is 9.47 Å². The maximum Gasteiger partial charge on any atom is 0.144 e. The standard InChI is InChI=1S/C16H24N2O2/c1-3-8-18-13-6-5-7-15(20-4-2)16(13)17-9-12-10-19-11-14(12)18/h5-7,12,14,17H,3-4,8-11H2,1-2H3. The van der Waals surface area contributed by atoms with E-state index < -0.39 is 0 Å². The highest BCUT2D eigenvalue weighted by Crippen LogP contribution is 2.40. The van der Waals surface area contributed by atoms with E-state index in [1.54, 1.807) is 0 Å². The van der Waals surface area contributed by atoms with Crippen molar-refractivity contribution in [2.24, 2.45) is 5.92 Å². The molecule has 2 aliphatic heterocycles. The molecule has 0 amide bonds. The topological polar surface area (TPSA) is 33.7 Å². The van der Waals surface area contributed by atoms with E-state index in [1.807, 2.05) is 6.92 Å². The smallest absolute Gasteiger partial charge is 0.144 e. The van der Waals surface area contributed by atoms with Gasteiger partial charge in [0.1, 0.15) is 11.4 Å². The molecule has 1 aromatic rings. The fourth-order valence-electron chi connectivity index (χ4n) is 3.28. The zero-order chi connectivity index (χ0) is 13.9. The summed E-state index contributed by atoms with van der Waals surface area (Å²) in [6.45, 7) is 8.68. The Bertz CT molecular complexity index is 464. The third-order valence-electron chi connectivity index (χ3n) is 4.18. The molecule has 3 rings (SSSR count). The molecule has 2 heterocycles. The first-order valence-corrected chi connectivity index (χ1v) is 7.69. The number of rotatable bonds is 4. The van der Waals surface area contributed by atoms with E-state index in [1.165, 1.54) is 5.69 Å². The summed E-state index contributed by atoms with van der Waals surface area (Å²) in [5, 5.41) is 3.59. The van der Waals surface area contributed by atoms with Gasteiger partial charge < -0.3 is 19.7 Å². The summed E-state index contributed by atoms with van der Waals surface area (Å²) >= 11 is 0. The number of fused-ring (bicyclic) bond motifs is 2. The number of nitrogens with zero attached hydrogens (tertiary/aromatic N) is 1. The number of benzene rings is 1. The SMILES string of the molecule is CCCN1c2cccc(OCC)c2NCC2COCC21. The summed E-state index contributed by atoms with van der Waals surface area (Å²) in [6, 6.07) is 6.82. The Morgan fingerprint density at radius 1 is 1.35 bits per heavy atom. The van der Waals surface area contributed by atoms with Crippen molar-refractivity contribution < 1.29 is 9.47 Å². The highest BCUT2D eigenvalue weighted by atomic mass is 16.5. The van der Waals surface area contributed by atoms with Crippen molar-refractivity contribution in [3.63, 3.8) is 0 Å². The Balaban J connectivity index is 2.00. The van der Waals surface area contributed by atoms with Gasteiger partial charge in [-0.3, -0.25) is 0 Å². The average molecular weight is 276 g/mol. The third kappa shape index (κ3) is 2.33. The molecule has 4 nitrogen and oxygen atoms in total. The van der Waals surface area contributed by atoms with Gasteiger partial charge in [-0.25, -0.2) is 0 Å². The Labute approximate surface area is 121 Å². The molecule has 20 heavy (non-hydrogen) atoms. The number of nitrogens with one attached hydrogen (secondary N) is 1. The molecule has 0 bridgehead atoms. The Hall–Kier alpha value is -1.42. The van der Waals surface area contributed by atoms with Gasteiger partial charge in [0.25, 0.3) is 0 Å². The van der Waals surface area contributed by atoms with Gasteiger partial charge in [0.05, 0.1) is 31.5 Å². The highest BCUT2D eigenvalue weighted by molar-refractivity contribution is 5.77. The summed E-state index contributed by atoms with van der Waals surface area (Å²) < 4.78 is 11.5. The van der Waals surface area contributed by atoms with E-state index >= 15 is 0 Å². The van der Waals surface area contributed by atoms with Crippen LogP contribution in [-0.4, -0.2) is 39.0 Å². The van der Waals surface area contributed by atoms with Crippen molar-refractivity contribution in [2.75, 3.05) is 43.1 Å². The molecule has 0 saturated carbocycles. The first kappa shape index (κ1) is 13.6. The number of ether oxygens (including phenoxy) is 2. The van der Waals surface area contributed by atoms with Crippen molar-refractivity contribution in [2.45, 2.75) is 26.3 Å². The highest BCUT2D eigenvalue weighted by Gasteiger charge is 2.36. The zero-order valence-corrected chi connectivity index (χ0v) is 12.4. The van der Waals surface area contributed by atoms with Crippen molar-refractivity contribution in [1.82, 2.24) is 0 Å². The van der Waals surface area contributed by atoms with Crippen molar-refractivity contribution in [3.05, 3.63) is 18.2 Å². The number of anilines is 2. The van der Waals surface area contributed by atoms with E-state index in [-0.39, 0.29) is 0 Å². The first-order chi connectivity index (χ1) is 9.85. The van der Waals surface area contributed by atoms with Crippen LogP contribution in [0.1, 0.15) is 20.3 Å². The molecule has 4 heteroatoms. The Kier molecular flexibility index (Phi) is 4.01. The molecule has 0 spiro atoms. The van der Waals surface area contributed by atoms with Crippen LogP contribution in [0, 0.1) is 5.92 Å². The van der Waals surface area contributed by atoms with Gasteiger partial charge in [0, 0.05) is 19.0 Å². The Morgan fingerprint density at radius 2 is 2.25 bits per heavy atom. The molecule has 1 fully saturated rings. The lowest BCUT2D eigenvalue weighted by Gasteiger charge is -2.32. The lowest BCUT2D eigenvalue weighted by Crippen LogP contribution is -2.41. The molecular formula is C16H24N2O2. The van der Waals surface area contributed by atoms with Gasteiger partial charge in [-0.15, -0.1) is 0 Å². The van der Waals surface area contributed by atoms with Gasteiger partial charge in [-0.2, -0.15) is 0 Å². The van der Waals surface area contributed by atoms with Crippen LogP contribution in [0.3, 0.4) is 0 Å². The average Bonchev–Trinajstić information content (AvgIpc) is 2.86. The summed E-state index contributed by atoms with van der Waals surface area (Å²) in [7, 11) is 0. The monoisotopic (exact) mass is 276 g/mol. The van der Waals surface area contributed by atoms with Crippen LogP contribution in [0.15, 0.2) is 18.2 Å². The second-order valence-electron chi connectivity index (χ2n) is 5.52. The summed E-state index contributed by atoms with van der Waals surface area (Å²) in [5.74, 6) is 1.52. The maximum absolute atomic E-state index is 5.79. The van der Waals surface area contributed by atoms with E-state index in [0.717, 1.165) is 44.2 Å². The van der Waals surface area contributed by atoms with Crippen LogP contribution in [0.4, 0.5) is 11.4 Å². The minimum absolute atomic E-state index is 0.487. The van der Waals surface area contributed by atoms with E-state index in [9.17, 15) is 0 Å². The van der Waals surface area contributed by atoms with Gasteiger partial charge in [0.15, 0.2) is 0 Å². The molecule has 2 atom stereocenters. The maximum atomic E-state index is 5.79. The van der Waals surface area contributed by atoms with Crippen LogP contribution >= 0.6 is 0 Å². The predicted molar refractivity (Wildman–Crippen MR) is 81.8 cm³/mol. The molecule has 2 unspecified atom stereocenters. The number of hydrogen-bond acceptors (Lipinski definition) is 4. The normalized spacial score (nSPS) is 24.6. The van der Waals surface area contributed by atoms with Crippen molar-refractivity contribution in [1.29, 1.82) is 0 Å². The largest absolute Gasteiger partial charge is 0.492 e. The van der Waals surface area contributed by atoms with Gasteiger partial charge >= 0.3 is 0 Å². The fraction of sp³-hybridized carbons (Fsp3) is 0.625. The minimum atomic E-state index is 0.487. The first-order valence-electron chi connectivity index (χ1n) is 7.69. The fourth-order valence-corrected chi connectivity index (χ4v) is 3.28. The van der Waals surface area contributed by atoms with Crippen LogP contribution in [0.25, 0.3) is 0 Å². The van der Waals surface area contributed by atoms with Crippen molar-refractivity contribution in [3.8, 4) is 5.75 Å². The quantitative estimate of drug-likeness (QED) is 0.917.